The molecule has 1 amide bonds. The normalized spacial score (nSPS) is 11.9. The van der Waals surface area contributed by atoms with Crippen molar-refractivity contribution in [3.63, 3.8) is 0 Å². The molecule has 0 bridgehead atoms. The summed E-state index contributed by atoms with van der Waals surface area (Å²) >= 11 is 0. The van der Waals surface area contributed by atoms with Crippen LogP contribution < -0.4 is 5.32 Å². The number of amides is 1. The number of aryl methyl sites for hydroxylation is 2. The van der Waals surface area contributed by atoms with Gasteiger partial charge in [-0.25, -0.2) is 0 Å². The number of rotatable bonds is 5. The Balaban J connectivity index is 1.61. The van der Waals surface area contributed by atoms with Gasteiger partial charge < -0.3 is 9.73 Å². The van der Waals surface area contributed by atoms with Crippen molar-refractivity contribution in [2.24, 2.45) is 0 Å². The molecule has 0 radical (unpaired) electrons. The quantitative estimate of drug-likeness (QED) is 0.550. The zero-order valence-electron chi connectivity index (χ0n) is 15.6. The molecule has 140 valence electrons. The van der Waals surface area contributed by atoms with E-state index in [4.69, 9.17) is 4.42 Å². The SMILES string of the molecule is Cc1ccc([C@@H](NC(=O)c2cc(-c3ccc(C)o3)[nH]n2)c2ccncc2)cc1. The van der Waals surface area contributed by atoms with Crippen LogP contribution in [0.4, 0.5) is 0 Å². The minimum absolute atomic E-state index is 0.270. The molecule has 2 N–H and O–H groups in total. The fourth-order valence-corrected chi connectivity index (χ4v) is 3.02. The van der Waals surface area contributed by atoms with Gasteiger partial charge in [0, 0.05) is 18.5 Å². The van der Waals surface area contributed by atoms with E-state index in [1.807, 2.05) is 62.4 Å². The second-order valence-electron chi connectivity index (χ2n) is 6.67. The molecule has 6 heteroatoms. The van der Waals surface area contributed by atoms with Crippen molar-refractivity contribution < 1.29 is 9.21 Å². The first-order chi connectivity index (χ1) is 13.6. The molecule has 1 atom stereocenters. The molecule has 4 rings (SSSR count). The van der Waals surface area contributed by atoms with Gasteiger partial charge in [0.15, 0.2) is 11.5 Å². The average Bonchev–Trinajstić information content (AvgIpc) is 3.37. The van der Waals surface area contributed by atoms with Crippen LogP contribution in [0.3, 0.4) is 0 Å². The second-order valence-corrected chi connectivity index (χ2v) is 6.67. The van der Waals surface area contributed by atoms with Crippen molar-refractivity contribution in [2.75, 3.05) is 0 Å². The lowest BCUT2D eigenvalue weighted by Gasteiger charge is -2.19. The Morgan fingerprint density at radius 2 is 1.71 bits per heavy atom. The summed E-state index contributed by atoms with van der Waals surface area (Å²) in [7, 11) is 0. The number of pyridine rings is 1. The first-order valence-corrected chi connectivity index (χ1v) is 9.00. The van der Waals surface area contributed by atoms with E-state index in [9.17, 15) is 4.79 Å². The molecule has 4 aromatic rings. The monoisotopic (exact) mass is 372 g/mol. The number of carbonyl (C=O) groups is 1. The number of aromatic nitrogens is 3. The van der Waals surface area contributed by atoms with E-state index in [0.717, 1.165) is 22.5 Å². The maximum atomic E-state index is 12.9. The predicted molar refractivity (Wildman–Crippen MR) is 106 cm³/mol. The molecule has 0 saturated heterocycles. The Kier molecular flexibility index (Phi) is 4.76. The number of aromatic amines is 1. The van der Waals surface area contributed by atoms with Crippen LogP contribution in [-0.4, -0.2) is 21.1 Å². The fraction of sp³-hybridized carbons (Fsp3) is 0.136. The predicted octanol–water partition coefficient (Wildman–Crippen LogP) is 4.20. The molecule has 0 aliphatic heterocycles. The van der Waals surface area contributed by atoms with Gasteiger partial charge in [-0.1, -0.05) is 29.8 Å². The molecular formula is C22H20N4O2. The molecule has 0 unspecified atom stereocenters. The molecule has 6 nitrogen and oxygen atoms in total. The number of hydrogen-bond donors (Lipinski definition) is 2. The summed E-state index contributed by atoms with van der Waals surface area (Å²) in [4.78, 5) is 16.9. The van der Waals surface area contributed by atoms with Gasteiger partial charge in [0.1, 0.15) is 11.5 Å². The van der Waals surface area contributed by atoms with Crippen LogP contribution in [-0.2, 0) is 0 Å². The Morgan fingerprint density at radius 3 is 2.39 bits per heavy atom. The van der Waals surface area contributed by atoms with Crippen LogP contribution in [0, 0.1) is 13.8 Å². The van der Waals surface area contributed by atoms with Crippen LogP contribution in [0.25, 0.3) is 11.5 Å². The van der Waals surface area contributed by atoms with Crippen molar-refractivity contribution in [2.45, 2.75) is 19.9 Å². The standard InChI is InChI=1S/C22H20N4O2/c1-14-3-6-16(7-4-14)21(17-9-11-23-12-10-17)24-22(27)19-13-18(25-26-19)20-8-5-15(2)28-20/h3-13,21H,1-2H3,(H,24,27)(H,25,26)/t21-/m1/s1. The number of carbonyl (C=O) groups excluding carboxylic acids is 1. The number of H-pyrrole nitrogens is 1. The van der Waals surface area contributed by atoms with Crippen LogP contribution >= 0.6 is 0 Å². The number of hydrogen-bond acceptors (Lipinski definition) is 4. The van der Waals surface area contributed by atoms with Gasteiger partial charge in [-0.3, -0.25) is 14.9 Å². The lowest BCUT2D eigenvalue weighted by atomic mass is 9.98. The van der Waals surface area contributed by atoms with Crippen LogP contribution in [0.2, 0.25) is 0 Å². The van der Waals surface area contributed by atoms with Crippen molar-refractivity contribution in [1.29, 1.82) is 0 Å². The number of furan rings is 1. The third-order valence-corrected chi connectivity index (χ3v) is 4.54. The Bertz CT molecular complexity index is 1080. The maximum absolute atomic E-state index is 12.9. The highest BCUT2D eigenvalue weighted by atomic mass is 16.3. The largest absolute Gasteiger partial charge is 0.460 e. The van der Waals surface area contributed by atoms with E-state index in [-0.39, 0.29) is 11.9 Å². The Morgan fingerprint density at radius 1 is 1.00 bits per heavy atom. The molecule has 3 aromatic heterocycles. The van der Waals surface area contributed by atoms with E-state index in [2.05, 4.69) is 20.5 Å². The molecule has 28 heavy (non-hydrogen) atoms. The zero-order chi connectivity index (χ0) is 19.5. The first-order valence-electron chi connectivity index (χ1n) is 9.00. The van der Waals surface area contributed by atoms with Gasteiger partial charge in [-0.2, -0.15) is 5.10 Å². The van der Waals surface area contributed by atoms with E-state index in [1.165, 1.54) is 0 Å². The van der Waals surface area contributed by atoms with Crippen molar-refractivity contribution in [3.8, 4) is 11.5 Å². The lowest BCUT2D eigenvalue weighted by molar-refractivity contribution is 0.0938. The summed E-state index contributed by atoms with van der Waals surface area (Å²) in [5, 5.41) is 10.1. The topological polar surface area (TPSA) is 83.8 Å². The first kappa shape index (κ1) is 17.7. The minimum atomic E-state index is -0.304. The minimum Gasteiger partial charge on any atom is -0.460 e. The van der Waals surface area contributed by atoms with Crippen molar-refractivity contribution in [1.82, 2.24) is 20.5 Å². The lowest BCUT2D eigenvalue weighted by Crippen LogP contribution is -2.29. The molecule has 0 fully saturated rings. The molecular weight excluding hydrogens is 352 g/mol. The van der Waals surface area contributed by atoms with Gasteiger partial charge >= 0.3 is 0 Å². The van der Waals surface area contributed by atoms with Gasteiger partial charge in [-0.05, 0) is 49.2 Å². The molecule has 0 aliphatic carbocycles. The Hall–Kier alpha value is -3.67. The number of benzene rings is 1. The second kappa shape index (κ2) is 7.52. The maximum Gasteiger partial charge on any atom is 0.272 e. The summed E-state index contributed by atoms with van der Waals surface area (Å²) in [5.74, 6) is 1.18. The van der Waals surface area contributed by atoms with Gasteiger partial charge in [-0.15, -0.1) is 0 Å². The molecule has 0 aliphatic rings. The van der Waals surface area contributed by atoms with Gasteiger partial charge in [0.05, 0.1) is 6.04 Å². The fourth-order valence-electron chi connectivity index (χ4n) is 3.02. The molecule has 0 spiro atoms. The van der Waals surface area contributed by atoms with Crippen LogP contribution in [0.5, 0.6) is 0 Å². The van der Waals surface area contributed by atoms with E-state index >= 15 is 0 Å². The molecule has 0 saturated carbocycles. The summed E-state index contributed by atoms with van der Waals surface area (Å²) in [6.45, 7) is 3.90. The summed E-state index contributed by atoms with van der Waals surface area (Å²) in [6.07, 6.45) is 3.43. The van der Waals surface area contributed by atoms with Gasteiger partial charge in [0.25, 0.3) is 5.91 Å². The van der Waals surface area contributed by atoms with Gasteiger partial charge in [0.2, 0.25) is 0 Å². The van der Waals surface area contributed by atoms with Crippen LogP contribution in [0.15, 0.2) is 71.4 Å². The summed E-state index contributed by atoms with van der Waals surface area (Å²) < 4.78 is 5.58. The van der Waals surface area contributed by atoms with E-state index in [1.54, 1.807) is 18.5 Å². The number of nitrogens with zero attached hydrogens (tertiary/aromatic N) is 2. The highest BCUT2D eigenvalue weighted by Gasteiger charge is 2.20. The molecule has 3 heterocycles. The highest BCUT2D eigenvalue weighted by molar-refractivity contribution is 5.93. The zero-order valence-corrected chi connectivity index (χ0v) is 15.6. The van der Waals surface area contributed by atoms with E-state index < -0.39 is 0 Å². The smallest absolute Gasteiger partial charge is 0.272 e. The van der Waals surface area contributed by atoms with E-state index in [0.29, 0.717) is 17.1 Å². The number of nitrogens with one attached hydrogen (secondary N) is 2. The van der Waals surface area contributed by atoms with Crippen LogP contribution in [0.1, 0.15) is 39.0 Å². The Labute approximate surface area is 162 Å². The van der Waals surface area contributed by atoms with Crippen molar-refractivity contribution >= 4 is 5.91 Å². The van der Waals surface area contributed by atoms with Crippen molar-refractivity contribution in [3.05, 3.63) is 95.1 Å². The molecule has 1 aromatic carbocycles. The highest BCUT2D eigenvalue weighted by Crippen LogP contribution is 2.24. The average molecular weight is 372 g/mol. The summed E-state index contributed by atoms with van der Waals surface area (Å²) in [6, 6.07) is 17.0. The third kappa shape index (κ3) is 3.71. The summed E-state index contributed by atoms with van der Waals surface area (Å²) in [5.41, 5.74) is 4.06. The third-order valence-electron chi connectivity index (χ3n) is 4.54.